The predicted octanol–water partition coefficient (Wildman–Crippen LogP) is 1.87. The van der Waals surface area contributed by atoms with Gasteiger partial charge >= 0.3 is 0 Å². The lowest BCUT2D eigenvalue weighted by Gasteiger charge is -2.24. The van der Waals surface area contributed by atoms with Crippen LogP contribution in [0.4, 0.5) is 5.69 Å². The van der Waals surface area contributed by atoms with Crippen molar-refractivity contribution in [1.82, 2.24) is 25.1 Å². The Morgan fingerprint density at radius 2 is 2.10 bits per heavy atom. The van der Waals surface area contributed by atoms with Gasteiger partial charge in [0.25, 0.3) is 5.91 Å². The predicted molar refractivity (Wildman–Crippen MR) is 107 cm³/mol. The van der Waals surface area contributed by atoms with Crippen LogP contribution in [0.1, 0.15) is 27.7 Å². The SMILES string of the molecule is Cl.N#Cc1cncc(-n2cc(C(=O)Nc3ccc(C4CNCCO4)cc3)cn2)n1. The number of nitrogens with one attached hydrogen (secondary N) is 2. The van der Waals surface area contributed by atoms with Gasteiger partial charge < -0.3 is 15.4 Å². The van der Waals surface area contributed by atoms with E-state index in [9.17, 15) is 4.79 Å². The van der Waals surface area contributed by atoms with E-state index < -0.39 is 0 Å². The molecule has 0 radical (unpaired) electrons. The zero-order valence-electron chi connectivity index (χ0n) is 15.3. The van der Waals surface area contributed by atoms with Gasteiger partial charge in [0, 0.05) is 25.0 Å². The van der Waals surface area contributed by atoms with Gasteiger partial charge in [0.1, 0.15) is 6.07 Å². The Hall–Kier alpha value is -3.32. The third-order valence-electron chi connectivity index (χ3n) is 4.28. The first-order chi connectivity index (χ1) is 13.7. The molecule has 0 bridgehead atoms. The maximum atomic E-state index is 12.5. The molecular weight excluding hydrogens is 394 g/mol. The van der Waals surface area contributed by atoms with Crippen molar-refractivity contribution < 1.29 is 9.53 Å². The van der Waals surface area contributed by atoms with Crippen LogP contribution in [0.5, 0.6) is 0 Å². The second kappa shape index (κ2) is 9.25. The number of nitrogens with zero attached hydrogens (tertiary/aromatic N) is 5. The molecule has 9 nitrogen and oxygen atoms in total. The van der Waals surface area contributed by atoms with E-state index in [4.69, 9.17) is 10.00 Å². The number of hydrogen-bond donors (Lipinski definition) is 2. The molecule has 3 heterocycles. The van der Waals surface area contributed by atoms with Crippen LogP contribution < -0.4 is 10.6 Å². The smallest absolute Gasteiger partial charge is 0.258 e. The van der Waals surface area contributed by atoms with Gasteiger partial charge in [0.05, 0.1) is 36.9 Å². The lowest BCUT2D eigenvalue weighted by Crippen LogP contribution is -2.33. The molecule has 1 aliphatic rings. The van der Waals surface area contributed by atoms with Crippen molar-refractivity contribution in [2.75, 3.05) is 25.0 Å². The molecule has 1 fully saturated rings. The number of carbonyl (C=O) groups is 1. The maximum absolute atomic E-state index is 12.5. The first-order valence-electron chi connectivity index (χ1n) is 8.74. The first-order valence-corrected chi connectivity index (χ1v) is 8.74. The Morgan fingerprint density at radius 1 is 1.28 bits per heavy atom. The third kappa shape index (κ3) is 4.75. The molecule has 3 aromatic rings. The van der Waals surface area contributed by atoms with E-state index in [1.54, 1.807) is 0 Å². The van der Waals surface area contributed by atoms with E-state index in [0.29, 0.717) is 23.7 Å². The highest BCUT2D eigenvalue weighted by Crippen LogP contribution is 2.21. The summed E-state index contributed by atoms with van der Waals surface area (Å²) < 4.78 is 7.13. The van der Waals surface area contributed by atoms with Gasteiger partial charge in [-0.05, 0) is 17.7 Å². The minimum atomic E-state index is -0.293. The van der Waals surface area contributed by atoms with E-state index in [1.807, 2.05) is 30.3 Å². The lowest BCUT2D eigenvalue weighted by atomic mass is 10.1. The molecule has 1 unspecified atom stereocenters. The molecule has 2 N–H and O–H groups in total. The first kappa shape index (κ1) is 20.4. The highest BCUT2D eigenvalue weighted by atomic mass is 35.5. The summed E-state index contributed by atoms with van der Waals surface area (Å²) in [4.78, 5) is 20.5. The molecule has 2 aromatic heterocycles. The standard InChI is InChI=1S/C19H17N7O2.ClH/c20-7-16-9-22-11-18(24-16)26-12-14(8-23-26)19(27)25-15-3-1-13(2-4-15)17-10-21-5-6-28-17;/h1-4,8-9,11-12,17,21H,5-6,10H2,(H,25,27);1H. The van der Waals surface area contributed by atoms with E-state index in [-0.39, 0.29) is 30.1 Å². The largest absolute Gasteiger partial charge is 0.371 e. The van der Waals surface area contributed by atoms with Crippen LogP contribution in [0.3, 0.4) is 0 Å². The number of amides is 1. The number of morpholine rings is 1. The fraction of sp³-hybridized carbons (Fsp3) is 0.211. The van der Waals surface area contributed by atoms with Crippen molar-refractivity contribution in [3.05, 3.63) is 65.9 Å². The molecule has 0 aliphatic carbocycles. The molecule has 0 spiro atoms. The van der Waals surface area contributed by atoms with E-state index in [0.717, 1.165) is 18.7 Å². The number of halogens is 1. The van der Waals surface area contributed by atoms with Gasteiger partial charge in [-0.1, -0.05) is 12.1 Å². The Balaban J connectivity index is 0.00000240. The van der Waals surface area contributed by atoms with Crippen LogP contribution in [-0.4, -0.2) is 45.4 Å². The number of nitriles is 1. The highest BCUT2D eigenvalue weighted by molar-refractivity contribution is 6.03. The monoisotopic (exact) mass is 411 g/mol. The summed E-state index contributed by atoms with van der Waals surface area (Å²) in [5, 5.41) is 19.2. The van der Waals surface area contributed by atoms with Gasteiger partial charge in [-0.3, -0.25) is 9.78 Å². The molecule has 1 aliphatic heterocycles. The minimum absolute atomic E-state index is 0. The highest BCUT2D eigenvalue weighted by Gasteiger charge is 2.16. The number of hydrogen-bond acceptors (Lipinski definition) is 7. The summed E-state index contributed by atoms with van der Waals surface area (Å²) in [7, 11) is 0. The van der Waals surface area contributed by atoms with Crippen molar-refractivity contribution in [3.63, 3.8) is 0 Å². The van der Waals surface area contributed by atoms with E-state index in [1.165, 1.54) is 29.5 Å². The normalized spacial score (nSPS) is 15.8. The molecule has 148 valence electrons. The van der Waals surface area contributed by atoms with Crippen molar-refractivity contribution in [2.45, 2.75) is 6.10 Å². The van der Waals surface area contributed by atoms with Gasteiger partial charge in [0.15, 0.2) is 11.5 Å². The number of anilines is 1. The summed E-state index contributed by atoms with van der Waals surface area (Å²) >= 11 is 0. The fourth-order valence-electron chi connectivity index (χ4n) is 2.85. The van der Waals surface area contributed by atoms with Crippen molar-refractivity contribution in [2.24, 2.45) is 0 Å². The summed E-state index contributed by atoms with van der Waals surface area (Å²) in [5.74, 6) is 0.0718. The number of aromatic nitrogens is 4. The molecule has 29 heavy (non-hydrogen) atoms. The van der Waals surface area contributed by atoms with E-state index in [2.05, 4.69) is 25.7 Å². The lowest BCUT2D eigenvalue weighted by molar-refractivity contribution is 0.0277. The molecule has 1 amide bonds. The maximum Gasteiger partial charge on any atom is 0.258 e. The third-order valence-corrected chi connectivity index (χ3v) is 4.28. The van der Waals surface area contributed by atoms with Crippen LogP contribution in [-0.2, 0) is 4.74 Å². The Morgan fingerprint density at radius 3 is 2.83 bits per heavy atom. The Bertz CT molecular complexity index is 1020. The van der Waals surface area contributed by atoms with Crippen molar-refractivity contribution in [3.8, 4) is 11.9 Å². The average Bonchev–Trinajstić information content (AvgIpc) is 3.25. The van der Waals surface area contributed by atoms with Crippen molar-refractivity contribution >= 4 is 24.0 Å². The number of benzene rings is 1. The second-order valence-electron chi connectivity index (χ2n) is 6.19. The van der Waals surface area contributed by atoms with Gasteiger partial charge in [0.2, 0.25) is 0 Å². The quantitative estimate of drug-likeness (QED) is 0.672. The van der Waals surface area contributed by atoms with Gasteiger partial charge in [-0.2, -0.15) is 10.4 Å². The van der Waals surface area contributed by atoms with Crippen LogP contribution in [0.15, 0.2) is 49.1 Å². The summed E-state index contributed by atoms with van der Waals surface area (Å²) in [5.41, 5.74) is 2.29. The number of ether oxygens (including phenoxy) is 1. The summed E-state index contributed by atoms with van der Waals surface area (Å²) in [6.07, 6.45) is 5.83. The zero-order valence-corrected chi connectivity index (χ0v) is 16.1. The molecular formula is C19H18ClN7O2. The van der Waals surface area contributed by atoms with Gasteiger partial charge in [-0.25, -0.2) is 9.67 Å². The number of carbonyl (C=O) groups excluding carboxylic acids is 1. The minimum Gasteiger partial charge on any atom is -0.371 e. The number of rotatable bonds is 4. The Labute approximate surface area is 173 Å². The average molecular weight is 412 g/mol. The topological polar surface area (TPSA) is 118 Å². The zero-order chi connectivity index (χ0) is 19.3. The molecule has 1 aromatic carbocycles. The molecule has 0 saturated carbocycles. The van der Waals surface area contributed by atoms with Crippen LogP contribution in [0.25, 0.3) is 5.82 Å². The summed E-state index contributed by atoms with van der Waals surface area (Å²) in [6.45, 7) is 2.33. The second-order valence-corrected chi connectivity index (χ2v) is 6.19. The van der Waals surface area contributed by atoms with Crippen LogP contribution >= 0.6 is 12.4 Å². The van der Waals surface area contributed by atoms with Crippen LogP contribution in [0, 0.1) is 11.3 Å². The molecule has 4 rings (SSSR count). The van der Waals surface area contributed by atoms with Gasteiger partial charge in [-0.15, -0.1) is 12.4 Å². The fourth-order valence-corrected chi connectivity index (χ4v) is 2.85. The van der Waals surface area contributed by atoms with E-state index >= 15 is 0 Å². The summed E-state index contributed by atoms with van der Waals surface area (Å²) in [6, 6.07) is 9.50. The van der Waals surface area contributed by atoms with Crippen molar-refractivity contribution in [1.29, 1.82) is 5.26 Å². The van der Waals surface area contributed by atoms with Crippen LogP contribution in [0.2, 0.25) is 0 Å². The molecule has 1 atom stereocenters. The molecule has 1 saturated heterocycles. The molecule has 10 heteroatoms. The Kier molecular flexibility index (Phi) is 6.51.